The summed E-state index contributed by atoms with van der Waals surface area (Å²) in [5, 5.41) is 14.4. The molecule has 0 atom stereocenters. The average molecular weight is 357 g/mol. The van der Waals surface area contributed by atoms with Crippen molar-refractivity contribution in [1.82, 2.24) is 20.5 Å². The molecule has 2 amide bonds. The summed E-state index contributed by atoms with van der Waals surface area (Å²) in [6.07, 6.45) is 0. The molecular weight excluding hydrogens is 345 g/mol. The minimum atomic E-state index is -0.527. The zero-order chi connectivity index (χ0) is 17.8. The van der Waals surface area contributed by atoms with Crippen molar-refractivity contribution in [3.8, 4) is 11.3 Å². The van der Waals surface area contributed by atoms with E-state index in [0.29, 0.717) is 5.56 Å². The normalized spacial score (nSPS) is 10.3. The number of hydrogen-bond acceptors (Lipinski definition) is 6. The number of anilines is 1. The van der Waals surface area contributed by atoms with E-state index in [-0.39, 0.29) is 28.7 Å². The van der Waals surface area contributed by atoms with Gasteiger partial charge in [0.05, 0.1) is 11.2 Å². The Hall–Kier alpha value is -3.20. The number of carbonyl (C=O) groups is 2. The fourth-order valence-electron chi connectivity index (χ4n) is 2.05. The van der Waals surface area contributed by atoms with Crippen molar-refractivity contribution < 1.29 is 14.0 Å². The molecule has 0 spiro atoms. The maximum atomic E-state index is 14.0. The molecule has 0 aliphatic carbocycles. The highest BCUT2D eigenvalue weighted by atomic mass is 32.1. The summed E-state index contributed by atoms with van der Waals surface area (Å²) in [6, 6.07) is 6.98. The second-order valence-electron chi connectivity index (χ2n) is 4.91. The van der Waals surface area contributed by atoms with Crippen LogP contribution in [0.25, 0.3) is 11.3 Å². The maximum absolute atomic E-state index is 14.0. The first-order valence-corrected chi connectivity index (χ1v) is 8.08. The van der Waals surface area contributed by atoms with Gasteiger partial charge in [-0.1, -0.05) is 0 Å². The molecule has 0 bridgehead atoms. The molecule has 0 aliphatic heterocycles. The third-order valence-corrected chi connectivity index (χ3v) is 3.89. The number of nitrogens with zero attached hydrogens (tertiary/aromatic N) is 3. The number of rotatable bonds is 4. The van der Waals surface area contributed by atoms with Gasteiger partial charge in [0.15, 0.2) is 5.82 Å². The summed E-state index contributed by atoms with van der Waals surface area (Å²) < 4.78 is 14.0. The molecule has 2 N–H and O–H groups in total. The van der Waals surface area contributed by atoms with Crippen LogP contribution in [0.4, 0.5) is 10.2 Å². The zero-order valence-electron chi connectivity index (χ0n) is 13.0. The van der Waals surface area contributed by atoms with E-state index >= 15 is 0 Å². The molecule has 1 aromatic carbocycles. The molecule has 9 heteroatoms. The van der Waals surface area contributed by atoms with Gasteiger partial charge in [-0.15, -0.1) is 21.5 Å². The van der Waals surface area contributed by atoms with Gasteiger partial charge in [0.1, 0.15) is 11.5 Å². The Morgan fingerprint density at radius 1 is 1.12 bits per heavy atom. The molecule has 2 heterocycles. The first-order chi connectivity index (χ1) is 12.1. The van der Waals surface area contributed by atoms with Crippen LogP contribution in [0.1, 0.15) is 20.8 Å². The molecule has 0 saturated heterocycles. The van der Waals surface area contributed by atoms with Crippen molar-refractivity contribution >= 4 is 29.0 Å². The average Bonchev–Trinajstić information content (AvgIpc) is 3.17. The van der Waals surface area contributed by atoms with Crippen molar-refractivity contribution in [2.45, 2.75) is 0 Å². The smallest absolute Gasteiger partial charge is 0.276 e. The molecule has 0 radical (unpaired) electrons. The van der Waals surface area contributed by atoms with E-state index in [4.69, 9.17) is 0 Å². The van der Waals surface area contributed by atoms with Crippen LogP contribution in [-0.4, -0.2) is 34.0 Å². The quantitative estimate of drug-likeness (QED) is 0.747. The molecule has 0 unspecified atom stereocenters. The van der Waals surface area contributed by atoms with Crippen molar-refractivity contribution in [3.63, 3.8) is 0 Å². The van der Waals surface area contributed by atoms with Gasteiger partial charge in [-0.3, -0.25) is 9.59 Å². The lowest BCUT2D eigenvalue weighted by molar-refractivity contribution is 0.0962. The van der Waals surface area contributed by atoms with Gasteiger partial charge in [0, 0.05) is 23.6 Å². The first-order valence-electron chi connectivity index (χ1n) is 7.14. The van der Waals surface area contributed by atoms with Crippen LogP contribution in [-0.2, 0) is 0 Å². The van der Waals surface area contributed by atoms with Crippen LogP contribution in [0.15, 0.2) is 41.2 Å². The van der Waals surface area contributed by atoms with Crippen molar-refractivity contribution in [2.75, 3.05) is 12.4 Å². The van der Waals surface area contributed by atoms with Crippen LogP contribution in [0, 0.1) is 5.82 Å². The fourth-order valence-corrected chi connectivity index (χ4v) is 2.59. The molecule has 0 fully saturated rings. The van der Waals surface area contributed by atoms with Crippen molar-refractivity contribution in [2.24, 2.45) is 0 Å². The monoisotopic (exact) mass is 357 g/mol. The van der Waals surface area contributed by atoms with Gasteiger partial charge in [-0.25, -0.2) is 9.37 Å². The molecule has 7 nitrogen and oxygen atoms in total. The molecule has 3 rings (SSSR count). The molecule has 0 saturated carbocycles. The number of thiazole rings is 1. The van der Waals surface area contributed by atoms with Gasteiger partial charge in [-0.05, 0) is 30.3 Å². The first kappa shape index (κ1) is 16.7. The highest BCUT2D eigenvalue weighted by Gasteiger charge is 2.13. The molecule has 2 aromatic heterocycles. The number of halogens is 1. The summed E-state index contributed by atoms with van der Waals surface area (Å²) in [5.41, 5.74) is 2.52. The van der Waals surface area contributed by atoms with Gasteiger partial charge in [-0.2, -0.15) is 0 Å². The topological polar surface area (TPSA) is 96.9 Å². The Bertz CT molecular complexity index is 913. The SMILES string of the molecule is CNC(=O)c1ccc(F)c(-c2ccc(NC(=O)c3cscn3)nn2)c1. The predicted molar refractivity (Wildman–Crippen MR) is 90.9 cm³/mol. The summed E-state index contributed by atoms with van der Waals surface area (Å²) in [5.74, 6) is -1.05. The zero-order valence-corrected chi connectivity index (χ0v) is 13.8. The van der Waals surface area contributed by atoms with Crippen LogP contribution in [0.3, 0.4) is 0 Å². The van der Waals surface area contributed by atoms with Gasteiger partial charge < -0.3 is 10.6 Å². The third kappa shape index (κ3) is 3.66. The predicted octanol–water partition coefficient (Wildman–Crippen LogP) is 2.35. The summed E-state index contributed by atoms with van der Waals surface area (Å²) in [7, 11) is 1.49. The van der Waals surface area contributed by atoms with Gasteiger partial charge in [0.25, 0.3) is 11.8 Å². The van der Waals surface area contributed by atoms with E-state index in [0.717, 1.165) is 0 Å². The number of hydrogen-bond donors (Lipinski definition) is 2. The van der Waals surface area contributed by atoms with Gasteiger partial charge >= 0.3 is 0 Å². The Morgan fingerprint density at radius 3 is 2.60 bits per heavy atom. The number of carbonyl (C=O) groups excluding carboxylic acids is 2. The second kappa shape index (κ2) is 7.14. The molecular formula is C16H12FN5O2S. The second-order valence-corrected chi connectivity index (χ2v) is 5.62. The fraction of sp³-hybridized carbons (Fsp3) is 0.0625. The van der Waals surface area contributed by atoms with Crippen LogP contribution in [0.2, 0.25) is 0 Å². The Labute approximate surface area is 145 Å². The third-order valence-electron chi connectivity index (χ3n) is 3.30. The molecule has 25 heavy (non-hydrogen) atoms. The van der Waals surface area contributed by atoms with E-state index in [2.05, 4.69) is 25.8 Å². The lowest BCUT2D eigenvalue weighted by atomic mass is 10.1. The van der Waals surface area contributed by atoms with E-state index in [1.54, 1.807) is 10.9 Å². The van der Waals surface area contributed by atoms with E-state index in [1.807, 2.05) is 0 Å². The van der Waals surface area contributed by atoms with Gasteiger partial charge in [0.2, 0.25) is 0 Å². The lowest BCUT2D eigenvalue weighted by Gasteiger charge is -2.06. The lowest BCUT2D eigenvalue weighted by Crippen LogP contribution is -2.17. The summed E-state index contributed by atoms with van der Waals surface area (Å²) in [6.45, 7) is 0. The summed E-state index contributed by atoms with van der Waals surface area (Å²) in [4.78, 5) is 27.5. The highest BCUT2D eigenvalue weighted by molar-refractivity contribution is 7.07. The van der Waals surface area contributed by atoms with Crippen LogP contribution in [0.5, 0.6) is 0 Å². The Balaban J connectivity index is 1.83. The molecule has 126 valence electrons. The standard InChI is InChI=1S/C16H12FN5O2S/c1-18-15(23)9-2-3-11(17)10(6-9)12-4-5-14(22-21-12)20-16(24)13-7-25-8-19-13/h2-8H,1H3,(H,18,23)(H,20,22,24). The number of aromatic nitrogens is 3. The van der Waals surface area contributed by atoms with Crippen molar-refractivity contribution in [3.05, 3.63) is 58.3 Å². The van der Waals surface area contributed by atoms with Crippen LogP contribution >= 0.6 is 11.3 Å². The highest BCUT2D eigenvalue weighted by Crippen LogP contribution is 2.22. The minimum absolute atomic E-state index is 0.144. The molecule has 3 aromatic rings. The minimum Gasteiger partial charge on any atom is -0.355 e. The van der Waals surface area contributed by atoms with Crippen LogP contribution < -0.4 is 10.6 Å². The van der Waals surface area contributed by atoms with E-state index in [9.17, 15) is 14.0 Å². The summed E-state index contributed by atoms with van der Waals surface area (Å²) >= 11 is 1.30. The maximum Gasteiger partial charge on any atom is 0.276 e. The van der Waals surface area contributed by atoms with Crippen molar-refractivity contribution in [1.29, 1.82) is 0 Å². The molecule has 0 aliphatic rings. The van der Waals surface area contributed by atoms with E-state index < -0.39 is 11.7 Å². The number of benzene rings is 1. The number of amides is 2. The Kier molecular flexibility index (Phi) is 4.75. The Morgan fingerprint density at radius 2 is 1.96 bits per heavy atom. The van der Waals surface area contributed by atoms with E-state index in [1.165, 1.54) is 48.7 Å². The largest absolute Gasteiger partial charge is 0.355 e. The number of nitrogens with one attached hydrogen (secondary N) is 2.